The Hall–Kier alpha value is -3.76. The number of nitrogens with one attached hydrogen (secondary N) is 2. The molecule has 0 unspecified atom stereocenters. The normalized spacial score (nSPS) is 11.5. The van der Waals surface area contributed by atoms with Gasteiger partial charge in [0.2, 0.25) is 0 Å². The average Bonchev–Trinajstić information content (AvgIpc) is 3.60. The number of aromatic nitrogens is 1. The van der Waals surface area contributed by atoms with Crippen molar-refractivity contribution < 1.29 is 28.0 Å². The Morgan fingerprint density at radius 3 is 1.95 bits per heavy atom. The summed E-state index contributed by atoms with van der Waals surface area (Å²) in [6.07, 6.45) is 0.745. The second-order valence-corrected chi connectivity index (χ2v) is 13.0. The molecule has 0 aliphatic carbocycles. The molecule has 4 rings (SSSR count). The van der Waals surface area contributed by atoms with E-state index in [9.17, 15) is 14.2 Å². The first kappa shape index (κ1) is 30.2. The highest BCUT2D eigenvalue weighted by Gasteiger charge is 2.31. The molecular formula is C29H33N4O6PS. The minimum atomic E-state index is -3.83. The van der Waals surface area contributed by atoms with E-state index in [0.717, 1.165) is 22.4 Å². The molecule has 0 spiro atoms. The number of rotatable bonds is 14. The van der Waals surface area contributed by atoms with Gasteiger partial charge >= 0.3 is 11.9 Å². The molecule has 216 valence electrons. The quantitative estimate of drug-likeness (QED) is 0.139. The molecule has 0 saturated carbocycles. The van der Waals surface area contributed by atoms with Gasteiger partial charge in [-0.2, -0.15) is 0 Å². The van der Waals surface area contributed by atoms with Crippen LogP contribution in [-0.2, 0) is 43.3 Å². The number of carbonyl (C=O) groups is 2. The third-order valence-electron chi connectivity index (χ3n) is 5.82. The third-order valence-corrected chi connectivity index (χ3v) is 8.80. The first-order chi connectivity index (χ1) is 19.7. The van der Waals surface area contributed by atoms with Crippen molar-refractivity contribution in [3.05, 3.63) is 88.8 Å². The lowest BCUT2D eigenvalue weighted by atomic mass is 10.1. The Morgan fingerprint density at radius 1 is 0.902 bits per heavy atom. The van der Waals surface area contributed by atoms with Crippen molar-refractivity contribution in [2.45, 2.75) is 33.5 Å². The van der Waals surface area contributed by atoms with E-state index in [1.165, 1.54) is 17.4 Å². The van der Waals surface area contributed by atoms with Crippen molar-refractivity contribution in [1.82, 2.24) is 15.2 Å². The molecule has 0 saturated heterocycles. The summed E-state index contributed by atoms with van der Waals surface area (Å²) < 4.78 is 30.7. The lowest BCUT2D eigenvalue weighted by Gasteiger charge is -2.18. The Labute approximate surface area is 242 Å². The van der Waals surface area contributed by atoms with Gasteiger partial charge in [-0.1, -0.05) is 74.5 Å². The number of nitrogen functional groups attached to an aromatic ring is 1. The standard InChI is InChI=1S/C29H33N4O6PS/c1-20(2)15-24-28(33-29(30)41-24)23-13-14-27(39-23)40(36,31-16-25(34)37-18-21-9-5-3-6-10-21)32-17-26(35)38-19-22-11-7-4-8-12-22/h3-14,20H,15-19H2,1-2H3,(H2,30,33)(H2,31,32,36). The molecule has 0 bridgehead atoms. The molecule has 2 aromatic heterocycles. The van der Waals surface area contributed by atoms with Crippen LogP contribution in [0, 0.1) is 5.92 Å². The van der Waals surface area contributed by atoms with Crippen LogP contribution in [0.2, 0.25) is 0 Å². The molecule has 0 radical (unpaired) electrons. The number of furan rings is 1. The van der Waals surface area contributed by atoms with Gasteiger partial charge in [0.25, 0.3) is 7.44 Å². The number of esters is 2. The van der Waals surface area contributed by atoms with Gasteiger partial charge < -0.3 is 19.6 Å². The number of anilines is 1. The van der Waals surface area contributed by atoms with Crippen molar-refractivity contribution in [2.75, 3.05) is 18.8 Å². The zero-order valence-corrected chi connectivity index (χ0v) is 24.6. The molecule has 0 aliphatic heterocycles. The minimum absolute atomic E-state index is 0.0151. The van der Waals surface area contributed by atoms with Crippen LogP contribution in [0.15, 0.2) is 77.2 Å². The predicted molar refractivity (Wildman–Crippen MR) is 158 cm³/mol. The molecule has 12 heteroatoms. The van der Waals surface area contributed by atoms with E-state index in [0.29, 0.717) is 22.5 Å². The van der Waals surface area contributed by atoms with Crippen molar-refractivity contribution in [3.8, 4) is 11.5 Å². The minimum Gasteiger partial charge on any atom is -0.460 e. The van der Waals surface area contributed by atoms with Gasteiger partial charge in [-0.15, -0.1) is 11.3 Å². The summed E-state index contributed by atoms with van der Waals surface area (Å²) in [5.74, 6) is -0.506. The summed E-state index contributed by atoms with van der Waals surface area (Å²) in [5.41, 5.74) is 8.20. The van der Waals surface area contributed by atoms with Crippen LogP contribution in [0.3, 0.4) is 0 Å². The van der Waals surface area contributed by atoms with Crippen molar-refractivity contribution in [2.24, 2.45) is 5.92 Å². The molecule has 4 N–H and O–H groups in total. The second-order valence-electron chi connectivity index (χ2n) is 9.63. The Bertz CT molecular complexity index is 1430. The van der Waals surface area contributed by atoms with Crippen LogP contribution in [0.1, 0.15) is 29.9 Å². The maximum Gasteiger partial charge on any atom is 0.320 e. The summed E-state index contributed by atoms with van der Waals surface area (Å²) in [5, 5.41) is 5.84. The fourth-order valence-corrected chi connectivity index (χ4v) is 6.52. The fraction of sp³-hybridized carbons (Fsp3) is 0.276. The Morgan fingerprint density at radius 2 is 1.44 bits per heavy atom. The van der Waals surface area contributed by atoms with E-state index in [-0.39, 0.29) is 18.7 Å². The monoisotopic (exact) mass is 596 g/mol. The largest absolute Gasteiger partial charge is 0.460 e. The molecule has 2 aromatic carbocycles. The molecule has 0 atom stereocenters. The molecule has 41 heavy (non-hydrogen) atoms. The van der Waals surface area contributed by atoms with Gasteiger partial charge in [-0.3, -0.25) is 14.2 Å². The van der Waals surface area contributed by atoms with Crippen LogP contribution in [0.4, 0.5) is 5.13 Å². The summed E-state index contributed by atoms with van der Waals surface area (Å²) in [4.78, 5) is 30.3. The van der Waals surface area contributed by atoms with E-state index in [1.807, 2.05) is 60.7 Å². The number of carbonyl (C=O) groups excluding carboxylic acids is 2. The number of hydrogen-bond donors (Lipinski definition) is 3. The molecule has 2 heterocycles. The summed E-state index contributed by atoms with van der Waals surface area (Å²) in [6.45, 7) is 3.52. The SMILES string of the molecule is CC(C)Cc1sc(N)nc1-c1ccc(P(=O)(NCC(=O)OCc2ccccc2)NCC(=O)OCc2ccccc2)o1. The summed E-state index contributed by atoms with van der Waals surface area (Å²) >= 11 is 1.37. The highest BCUT2D eigenvalue weighted by atomic mass is 32.1. The smallest absolute Gasteiger partial charge is 0.320 e. The topological polar surface area (TPSA) is 146 Å². The lowest BCUT2D eigenvalue weighted by Crippen LogP contribution is -2.36. The second kappa shape index (κ2) is 14.2. The molecule has 10 nitrogen and oxygen atoms in total. The maximum absolute atomic E-state index is 14.1. The number of hydrogen-bond acceptors (Lipinski definition) is 9. The van der Waals surface area contributed by atoms with Gasteiger partial charge in [0.15, 0.2) is 16.4 Å². The van der Waals surface area contributed by atoms with E-state index in [2.05, 4.69) is 29.0 Å². The van der Waals surface area contributed by atoms with Crippen LogP contribution >= 0.6 is 18.8 Å². The van der Waals surface area contributed by atoms with Crippen LogP contribution in [0.5, 0.6) is 0 Å². The van der Waals surface area contributed by atoms with Crippen LogP contribution < -0.4 is 21.4 Å². The van der Waals surface area contributed by atoms with Crippen LogP contribution in [-0.4, -0.2) is 30.0 Å². The van der Waals surface area contributed by atoms with Gasteiger partial charge in [0.1, 0.15) is 32.0 Å². The number of nitrogens with zero attached hydrogens (tertiary/aromatic N) is 1. The van der Waals surface area contributed by atoms with Gasteiger partial charge in [-0.05, 0) is 35.6 Å². The van der Waals surface area contributed by atoms with Gasteiger partial charge in [0, 0.05) is 4.88 Å². The molecule has 0 aliphatic rings. The number of ether oxygens (including phenoxy) is 2. The van der Waals surface area contributed by atoms with Crippen molar-refractivity contribution >= 4 is 41.4 Å². The molecule has 0 amide bonds. The lowest BCUT2D eigenvalue weighted by molar-refractivity contribution is -0.144. The highest BCUT2D eigenvalue weighted by molar-refractivity contribution is 7.67. The zero-order chi connectivity index (χ0) is 29.2. The third kappa shape index (κ3) is 8.86. The number of thiazole rings is 1. The average molecular weight is 597 g/mol. The fourth-order valence-electron chi connectivity index (χ4n) is 3.84. The highest BCUT2D eigenvalue weighted by Crippen LogP contribution is 2.38. The van der Waals surface area contributed by atoms with E-state index >= 15 is 0 Å². The zero-order valence-electron chi connectivity index (χ0n) is 22.9. The van der Waals surface area contributed by atoms with Crippen molar-refractivity contribution in [1.29, 1.82) is 0 Å². The maximum atomic E-state index is 14.1. The van der Waals surface area contributed by atoms with E-state index in [1.54, 1.807) is 6.07 Å². The van der Waals surface area contributed by atoms with Crippen molar-refractivity contribution in [3.63, 3.8) is 0 Å². The summed E-state index contributed by atoms with van der Waals surface area (Å²) in [6, 6.07) is 21.6. The molecule has 4 aromatic rings. The van der Waals surface area contributed by atoms with E-state index < -0.39 is 32.5 Å². The van der Waals surface area contributed by atoms with E-state index in [4.69, 9.17) is 19.6 Å². The predicted octanol–water partition coefficient (Wildman–Crippen LogP) is 4.67. The Kier molecular flexibility index (Phi) is 10.5. The van der Waals surface area contributed by atoms with Gasteiger partial charge in [-0.25, -0.2) is 15.2 Å². The number of benzene rings is 2. The molecule has 0 fully saturated rings. The first-order valence-electron chi connectivity index (χ1n) is 13.1. The summed E-state index contributed by atoms with van der Waals surface area (Å²) in [7, 11) is -3.83. The van der Waals surface area contributed by atoms with Gasteiger partial charge in [0.05, 0.1) is 0 Å². The molecular weight excluding hydrogens is 563 g/mol. The number of nitrogens with two attached hydrogens (primary N) is 1. The first-order valence-corrected chi connectivity index (χ1v) is 15.6. The van der Waals surface area contributed by atoms with Crippen LogP contribution in [0.25, 0.3) is 11.5 Å². The Balaban J connectivity index is 1.47.